The van der Waals surface area contributed by atoms with E-state index in [2.05, 4.69) is 13.8 Å². The van der Waals surface area contributed by atoms with Crippen molar-refractivity contribution in [2.45, 2.75) is 52.1 Å². The second kappa shape index (κ2) is 1.99. The van der Waals surface area contributed by atoms with Crippen molar-refractivity contribution in [3.8, 4) is 0 Å². The molecule has 0 aromatic heterocycles. The zero-order chi connectivity index (χ0) is 8.11. The fourth-order valence-electron chi connectivity index (χ4n) is 3.07. The lowest BCUT2D eigenvalue weighted by Gasteiger charge is -2.39. The van der Waals surface area contributed by atoms with E-state index in [9.17, 15) is 4.39 Å². The van der Waals surface area contributed by atoms with Gasteiger partial charge in [0.1, 0.15) is 6.17 Å². The van der Waals surface area contributed by atoms with Crippen molar-refractivity contribution in [3.05, 3.63) is 0 Å². The van der Waals surface area contributed by atoms with Gasteiger partial charge in [-0.05, 0) is 36.5 Å². The van der Waals surface area contributed by atoms with Crippen LogP contribution in [0, 0.1) is 10.8 Å². The maximum atomic E-state index is 13.8. The molecule has 0 nitrogen and oxygen atoms in total. The second-order valence-corrected chi connectivity index (χ2v) is 5.02. The van der Waals surface area contributed by atoms with Crippen LogP contribution in [-0.4, -0.2) is 6.17 Å². The number of alkyl halides is 1. The maximum absolute atomic E-state index is 13.8. The minimum Gasteiger partial charge on any atom is -0.246 e. The molecule has 0 radical (unpaired) electrons. The first-order chi connectivity index (χ1) is 5.07. The molecule has 11 heavy (non-hydrogen) atoms. The normalized spacial score (nSPS) is 56.5. The van der Waals surface area contributed by atoms with Gasteiger partial charge in [0.25, 0.3) is 0 Å². The van der Waals surface area contributed by atoms with Crippen LogP contribution < -0.4 is 0 Å². The molecule has 0 amide bonds. The van der Waals surface area contributed by atoms with E-state index < -0.39 is 6.17 Å². The van der Waals surface area contributed by atoms with E-state index in [4.69, 9.17) is 0 Å². The van der Waals surface area contributed by atoms with Gasteiger partial charge in [-0.1, -0.05) is 20.3 Å². The fraction of sp³-hybridized carbons (Fsp3) is 1.00. The van der Waals surface area contributed by atoms with Gasteiger partial charge in [0, 0.05) is 0 Å². The van der Waals surface area contributed by atoms with Crippen molar-refractivity contribution in [2.24, 2.45) is 10.8 Å². The summed E-state index contributed by atoms with van der Waals surface area (Å²) in [6, 6.07) is 0. The number of hydrogen-bond donors (Lipinski definition) is 0. The Morgan fingerprint density at radius 1 is 1.00 bits per heavy atom. The number of hydrogen-bond acceptors (Lipinski definition) is 0. The van der Waals surface area contributed by atoms with E-state index in [1.54, 1.807) is 0 Å². The summed E-state index contributed by atoms with van der Waals surface area (Å²) in [7, 11) is 0. The Morgan fingerprint density at radius 2 is 1.45 bits per heavy atom. The zero-order valence-corrected chi connectivity index (χ0v) is 7.49. The highest BCUT2D eigenvalue weighted by molar-refractivity contribution is 5.04. The van der Waals surface area contributed by atoms with Crippen molar-refractivity contribution in [1.82, 2.24) is 0 Å². The van der Waals surface area contributed by atoms with Crippen molar-refractivity contribution in [3.63, 3.8) is 0 Å². The Hall–Kier alpha value is -0.0700. The molecule has 0 aliphatic heterocycles. The van der Waals surface area contributed by atoms with Crippen LogP contribution in [-0.2, 0) is 0 Å². The van der Waals surface area contributed by atoms with Crippen LogP contribution in [0.5, 0.6) is 0 Å². The quantitative estimate of drug-likeness (QED) is 0.504. The molecule has 0 spiro atoms. The fourth-order valence-corrected chi connectivity index (χ4v) is 3.07. The van der Waals surface area contributed by atoms with Crippen molar-refractivity contribution < 1.29 is 4.39 Å². The molecular formula is C10H17F. The Labute approximate surface area is 68.2 Å². The number of fused-ring (bicyclic) bond motifs is 2. The van der Waals surface area contributed by atoms with Gasteiger partial charge in [0.15, 0.2) is 0 Å². The zero-order valence-electron chi connectivity index (χ0n) is 7.49. The van der Waals surface area contributed by atoms with Crippen LogP contribution in [0.4, 0.5) is 4.39 Å². The van der Waals surface area contributed by atoms with E-state index in [1.165, 1.54) is 6.42 Å². The molecule has 0 saturated heterocycles. The van der Waals surface area contributed by atoms with E-state index in [1.807, 2.05) is 0 Å². The SMILES string of the molecule is CC12CCCC(C)(CC1)C2F. The summed E-state index contributed by atoms with van der Waals surface area (Å²) in [4.78, 5) is 0. The van der Waals surface area contributed by atoms with Crippen molar-refractivity contribution in [2.75, 3.05) is 0 Å². The molecular weight excluding hydrogens is 139 g/mol. The monoisotopic (exact) mass is 156 g/mol. The highest BCUT2D eigenvalue weighted by Crippen LogP contribution is 2.59. The molecule has 2 rings (SSSR count). The van der Waals surface area contributed by atoms with Crippen molar-refractivity contribution >= 4 is 0 Å². The summed E-state index contributed by atoms with van der Waals surface area (Å²) in [5.41, 5.74) is 0.0972. The molecule has 0 heterocycles. The smallest absolute Gasteiger partial charge is 0.111 e. The highest BCUT2D eigenvalue weighted by Gasteiger charge is 2.54. The third-order valence-electron chi connectivity index (χ3n) is 3.99. The molecule has 0 N–H and O–H groups in total. The molecule has 2 unspecified atom stereocenters. The summed E-state index contributed by atoms with van der Waals surface area (Å²) in [5, 5.41) is 0. The van der Waals surface area contributed by atoms with Crippen LogP contribution in [0.1, 0.15) is 46.0 Å². The average Bonchev–Trinajstić information content (AvgIpc) is 2.17. The molecule has 2 atom stereocenters. The molecule has 2 bridgehead atoms. The van der Waals surface area contributed by atoms with Crippen LogP contribution in [0.25, 0.3) is 0 Å². The van der Waals surface area contributed by atoms with Gasteiger partial charge in [-0.15, -0.1) is 0 Å². The molecule has 2 aliphatic carbocycles. The van der Waals surface area contributed by atoms with E-state index in [0.29, 0.717) is 0 Å². The Morgan fingerprint density at radius 3 is 1.82 bits per heavy atom. The van der Waals surface area contributed by atoms with Crippen LogP contribution in [0.2, 0.25) is 0 Å². The van der Waals surface area contributed by atoms with Gasteiger partial charge in [0.2, 0.25) is 0 Å². The Kier molecular flexibility index (Phi) is 1.37. The van der Waals surface area contributed by atoms with Gasteiger partial charge < -0.3 is 0 Å². The van der Waals surface area contributed by atoms with Crippen LogP contribution in [0.3, 0.4) is 0 Å². The standard InChI is InChI=1S/C10H17F/c1-9-4-3-5-10(2,7-6-9)8(9)11/h8H,3-7H2,1-2H3. The first-order valence-electron chi connectivity index (χ1n) is 4.71. The molecule has 2 saturated carbocycles. The topological polar surface area (TPSA) is 0 Å². The third kappa shape index (κ3) is 0.861. The number of rotatable bonds is 0. The molecule has 1 heteroatoms. The minimum atomic E-state index is -0.524. The van der Waals surface area contributed by atoms with Crippen LogP contribution in [0.15, 0.2) is 0 Å². The average molecular weight is 156 g/mol. The van der Waals surface area contributed by atoms with Gasteiger partial charge in [0.05, 0.1) is 0 Å². The van der Waals surface area contributed by atoms with Crippen LogP contribution >= 0.6 is 0 Å². The summed E-state index contributed by atoms with van der Waals surface area (Å²) < 4.78 is 13.8. The van der Waals surface area contributed by atoms with Gasteiger partial charge in [-0.25, -0.2) is 4.39 Å². The molecule has 2 aliphatic rings. The first kappa shape index (κ1) is 7.57. The summed E-state index contributed by atoms with van der Waals surface area (Å²) >= 11 is 0. The lowest BCUT2D eigenvalue weighted by molar-refractivity contribution is 0.0250. The molecule has 64 valence electrons. The predicted octanol–water partition coefficient (Wildman–Crippen LogP) is 3.31. The first-order valence-corrected chi connectivity index (χ1v) is 4.71. The van der Waals surface area contributed by atoms with E-state index in [0.717, 1.165) is 25.7 Å². The summed E-state index contributed by atoms with van der Waals surface area (Å²) in [5.74, 6) is 0. The molecule has 0 aromatic carbocycles. The highest BCUT2D eigenvalue weighted by atomic mass is 19.1. The molecule has 2 fully saturated rings. The summed E-state index contributed by atoms with van der Waals surface area (Å²) in [6.45, 7) is 4.25. The minimum absolute atomic E-state index is 0.0486. The molecule has 0 aromatic rings. The van der Waals surface area contributed by atoms with Gasteiger partial charge in [-0.3, -0.25) is 0 Å². The predicted molar refractivity (Wildman–Crippen MR) is 44.2 cm³/mol. The Balaban J connectivity index is 2.30. The lowest BCUT2D eigenvalue weighted by atomic mass is 9.69. The van der Waals surface area contributed by atoms with Gasteiger partial charge >= 0.3 is 0 Å². The van der Waals surface area contributed by atoms with Crippen molar-refractivity contribution in [1.29, 1.82) is 0 Å². The second-order valence-electron chi connectivity index (χ2n) is 5.02. The third-order valence-corrected chi connectivity index (χ3v) is 3.99. The van der Waals surface area contributed by atoms with Gasteiger partial charge in [-0.2, -0.15) is 0 Å². The van der Waals surface area contributed by atoms with E-state index in [-0.39, 0.29) is 10.8 Å². The summed E-state index contributed by atoms with van der Waals surface area (Å²) in [6.07, 6.45) is 5.18. The largest absolute Gasteiger partial charge is 0.246 e. The lowest BCUT2D eigenvalue weighted by Crippen LogP contribution is -2.37. The maximum Gasteiger partial charge on any atom is 0.111 e. The Bertz CT molecular complexity index is 160. The van der Waals surface area contributed by atoms with E-state index >= 15 is 0 Å². The number of halogens is 1.